The molecule has 0 aromatic heterocycles. The number of nitrogens with one attached hydrogen (secondary N) is 1. The summed E-state index contributed by atoms with van der Waals surface area (Å²) in [4.78, 5) is 11.9. The van der Waals surface area contributed by atoms with Gasteiger partial charge in [0, 0.05) is 5.02 Å². The number of anilines is 1. The zero-order valence-corrected chi connectivity index (χ0v) is 11.6. The Morgan fingerprint density at radius 2 is 2.06 bits per heavy atom. The lowest BCUT2D eigenvalue weighted by atomic mass is 10.1. The normalized spacial score (nSPS) is 21.8. The van der Waals surface area contributed by atoms with E-state index in [1.807, 2.05) is 0 Å². The first-order valence-corrected chi connectivity index (χ1v) is 7.91. The van der Waals surface area contributed by atoms with Crippen molar-refractivity contribution in [3.05, 3.63) is 28.2 Å². The van der Waals surface area contributed by atoms with Crippen molar-refractivity contribution in [1.29, 1.82) is 0 Å². The van der Waals surface area contributed by atoms with E-state index in [1.54, 1.807) is 12.1 Å². The number of carbonyl (C=O) groups excluding carboxylic acids is 1. The van der Waals surface area contributed by atoms with Gasteiger partial charge < -0.3 is 5.32 Å². The van der Waals surface area contributed by atoms with Crippen LogP contribution >= 0.6 is 23.2 Å². The molecule has 0 bridgehead atoms. The highest BCUT2D eigenvalue weighted by Crippen LogP contribution is 2.27. The van der Waals surface area contributed by atoms with Gasteiger partial charge in [0.15, 0.2) is 9.84 Å². The largest absolute Gasteiger partial charge is 0.324 e. The summed E-state index contributed by atoms with van der Waals surface area (Å²) < 4.78 is 22.6. The Kier molecular flexibility index (Phi) is 3.84. The van der Waals surface area contributed by atoms with Crippen molar-refractivity contribution in [3.63, 3.8) is 0 Å². The van der Waals surface area contributed by atoms with E-state index in [-0.39, 0.29) is 17.4 Å². The van der Waals surface area contributed by atoms with Crippen molar-refractivity contribution in [3.8, 4) is 0 Å². The molecule has 1 N–H and O–H groups in total. The second-order valence-corrected chi connectivity index (χ2v) is 7.29. The van der Waals surface area contributed by atoms with Crippen LogP contribution in [0, 0.1) is 5.92 Å². The number of halogens is 2. The number of hydrogen-bond acceptors (Lipinski definition) is 3. The standard InChI is InChI=1S/C11H11Cl2NO3S/c12-8-1-2-9(13)10(5-8)14-11(15)7-3-4-18(16,17)6-7/h1-2,5,7H,3-4,6H2,(H,14,15)/t7-/m1/s1. The third kappa shape index (κ3) is 3.16. The van der Waals surface area contributed by atoms with E-state index < -0.39 is 15.8 Å². The van der Waals surface area contributed by atoms with Gasteiger partial charge in [-0.2, -0.15) is 0 Å². The van der Waals surface area contributed by atoms with Crippen LogP contribution in [0.3, 0.4) is 0 Å². The van der Waals surface area contributed by atoms with E-state index in [0.717, 1.165) is 0 Å². The zero-order chi connectivity index (χ0) is 13.3. The molecule has 18 heavy (non-hydrogen) atoms. The molecule has 0 radical (unpaired) electrons. The molecule has 1 saturated heterocycles. The van der Waals surface area contributed by atoms with Crippen molar-refractivity contribution in [2.24, 2.45) is 5.92 Å². The molecule has 2 rings (SSSR count). The predicted molar refractivity (Wildman–Crippen MR) is 71.9 cm³/mol. The van der Waals surface area contributed by atoms with Gasteiger partial charge in [0.25, 0.3) is 0 Å². The fourth-order valence-corrected chi connectivity index (χ4v) is 3.91. The van der Waals surface area contributed by atoms with Gasteiger partial charge in [-0.25, -0.2) is 8.42 Å². The van der Waals surface area contributed by atoms with Crippen molar-refractivity contribution in [1.82, 2.24) is 0 Å². The molecule has 1 aliphatic rings. The summed E-state index contributed by atoms with van der Waals surface area (Å²) in [5.74, 6) is -0.879. The average Bonchev–Trinajstić information content (AvgIpc) is 2.64. The second kappa shape index (κ2) is 5.07. The Morgan fingerprint density at radius 1 is 1.33 bits per heavy atom. The third-order valence-electron chi connectivity index (χ3n) is 2.79. The number of carbonyl (C=O) groups is 1. The lowest BCUT2D eigenvalue weighted by molar-refractivity contribution is -0.119. The second-order valence-electron chi connectivity index (χ2n) is 4.21. The molecule has 1 aromatic rings. The fourth-order valence-electron chi connectivity index (χ4n) is 1.83. The number of sulfone groups is 1. The first-order valence-electron chi connectivity index (χ1n) is 5.34. The van der Waals surface area contributed by atoms with Gasteiger partial charge >= 0.3 is 0 Å². The molecule has 0 saturated carbocycles. The molecule has 0 spiro atoms. The number of amides is 1. The summed E-state index contributed by atoms with van der Waals surface area (Å²) in [6.45, 7) is 0. The average molecular weight is 308 g/mol. The molecule has 7 heteroatoms. The van der Waals surface area contributed by atoms with E-state index in [9.17, 15) is 13.2 Å². The number of hydrogen-bond donors (Lipinski definition) is 1. The van der Waals surface area contributed by atoms with Gasteiger partial charge in [-0.3, -0.25) is 4.79 Å². The summed E-state index contributed by atoms with van der Waals surface area (Å²) >= 11 is 11.7. The first-order chi connectivity index (χ1) is 8.37. The van der Waals surface area contributed by atoms with Gasteiger partial charge in [-0.15, -0.1) is 0 Å². The van der Waals surface area contributed by atoms with E-state index in [4.69, 9.17) is 23.2 Å². The summed E-state index contributed by atoms with van der Waals surface area (Å²) in [5, 5.41) is 3.43. The molecular formula is C11H11Cl2NO3S. The smallest absolute Gasteiger partial charge is 0.228 e. The van der Waals surface area contributed by atoms with Crippen LogP contribution in [0.1, 0.15) is 6.42 Å². The minimum Gasteiger partial charge on any atom is -0.324 e. The van der Waals surface area contributed by atoms with Crippen LogP contribution in [0.15, 0.2) is 18.2 Å². The molecule has 1 aromatic carbocycles. The highest BCUT2D eigenvalue weighted by molar-refractivity contribution is 7.91. The highest BCUT2D eigenvalue weighted by atomic mass is 35.5. The molecule has 1 heterocycles. The Morgan fingerprint density at radius 3 is 2.67 bits per heavy atom. The molecular weight excluding hydrogens is 297 g/mol. The lowest BCUT2D eigenvalue weighted by Crippen LogP contribution is -2.23. The van der Waals surface area contributed by atoms with Crippen LogP contribution in [0.2, 0.25) is 10.0 Å². The maximum Gasteiger partial charge on any atom is 0.228 e. The molecule has 0 aliphatic carbocycles. The monoisotopic (exact) mass is 307 g/mol. The van der Waals surface area contributed by atoms with Crippen LogP contribution in [0.25, 0.3) is 0 Å². The van der Waals surface area contributed by atoms with Crippen molar-refractivity contribution < 1.29 is 13.2 Å². The van der Waals surface area contributed by atoms with Crippen LogP contribution in [0.5, 0.6) is 0 Å². The summed E-state index contributed by atoms with van der Waals surface area (Å²) in [5.41, 5.74) is 0.401. The SMILES string of the molecule is O=C(Nc1cc(Cl)ccc1Cl)[C@@H]1CCS(=O)(=O)C1. The van der Waals surface area contributed by atoms with Crippen molar-refractivity contribution in [2.45, 2.75) is 6.42 Å². The molecule has 4 nitrogen and oxygen atoms in total. The van der Waals surface area contributed by atoms with Crippen LogP contribution in [-0.4, -0.2) is 25.8 Å². The quantitative estimate of drug-likeness (QED) is 0.912. The molecule has 1 fully saturated rings. The van der Waals surface area contributed by atoms with Crippen LogP contribution < -0.4 is 5.32 Å². The van der Waals surface area contributed by atoms with Gasteiger partial charge in [0.1, 0.15) is 0 Å². The van der Waals surface area contributed by atoms with E-state index in [2.05, 4.69) is 5.32 Å². The number of rotatable bonds is 2. The van der Waals surface area contributed by atoms with Gasteiger partial charge in [-0.05, 0) is 24.6 Å². The summed E-state index contributed by atoms with van der Waals surface area (Å²) in [7, 11) is -3.07. The maximum absolute atomic E-state index is 11.9. The fraction of sp³-hybridized carbons (Fsp3) is 0.364. The predicted octanol–water partition coefficient (Wildman–Crippen LogP) is 2.37. The summed E-state index contributed by atoms with van der Waals surface area (Å²) in [6.07, 6.45) is 0.354. The van der Waals surface area contributed by atoms with Crippen molar-refractivity contribution >= 4 is 44.6 Å². The summed E-state index contributed by atoms with van der Waals surface area (Å²) in [6, 6.07) is 4.72. The molecule has 1 atom stereocenters. The van der Waals surface area contributed by atoms with Crippen LogP contribution in [-0.2, 0) is 14.6 Å². The van der Waals surface area contributed by atoms with Crippen molar-refractivity contribution in [2.75, 3.05) is 16.8 Å². The topological polar surface area (TPSA) is 63.2 Å². The molecule has 98 valence electrons. The van der Waals surface area contributed by atoms with E-state index >= 15 is 0 Å². The lowest BCUT2D eigenvalue weighted by Gasteiger charge is -2.11. The molecule has 0 unspecified atom stereocenters. The Bertz CT molecular complexity index is 586. The van der Waals surface area contributed by atoms with Gasteiger partial charge in [0.05, 0.1) is 28.1 Å². The van der Waals surface area contributed by atoms with Crippen LogP contribution in [0.4, 0.5) is 5.69 Å². The third-order valence-corrected chi connectivity index (χ3v) is 5.12. The molecule has 1 aliphatic heterocycles. The highest BCUT2D eigenvalue weighted by Gasteiger charge is 2.33. The van der Waals surface area contributed by atoms with E-state index in [0.29, 0.717) is 22.2 Å². The molecule has 1 amide bonds. The van der Waals surface area contributed by atoms with E-state index in [1.165, 1.54) is 6.07 Å². The first kappa shape index (κ1) is 13.6. The minimum absolute atomic E-state index is 0.0639. The zero-order valence-electron chi connectivity index (χ0n) is 9.32. The van der Waals surface area contributed by atoms with Gasteiger partial charge in [-0.1, -0.05) is 23.2 Å². The Hall–Kier alpha value is -0.780. The Balaban J connectivity index is 2.10. The number of benzene rings is 1. The van der Waals surface area contributed by atoms with Gasteiger partial charge in [0.2, 0.25) is 5.91 Å². The maximum atomic E-state index is 11.9. The Labute approximate surface area is 115 Å². The minimum atomic E-state index is -3.07.